The number of hydrogen-bond acceptors (Lipinski definition) is 4. The smallest absolute Gasteiger partial charge is 0.330 e. The number of rotatable bonds is 4. The predicted octanol–water partition coefficient (Wildman–Crippen LogP) is 1.99. The van der Waals surface area contributed by atoms with E-state index >= 15 is 0 Å². The largest absolute Gasteiger partial charge is 0.367 e. The van der Waals surface area contributed by atoms with Crippen molar-refractivity contribution in [2.75, 3.05) is 18.0 Å². The monoisotopic (exact) mass is 361 g/mol. The molecule has 0 aliphatic carbocycles. The van der Waals surface area contributed by atoms with Crippen molar-refractivity contribution in [2.24, 2.45) is 5.73 Å². The van der Waals surface area contributed by atoms with Crippen molar-refractivity contribution >= 4 is 17.6 Å². The summed E-state index contributed by atoms with van der Waals surface area (Å²) >= 11 is 0. The van der Waals surface area contributed by atoms with Crippen LogP contribution in [0.4, 0.5) is 10.5 Å². The summed E-state index contributed by atoms with van der Waals surface area (Å²) in [6, 6.07) is 10.4. The molecule has 0 spiro atoms. The molecule has 2 aliphatic rings. The van der Waals surface area contributed by atoms with Gasteiger partial charge in [-0.05, 0) is 29.8 Å². The van der Waals surface area contributed by atoms with E-state index in [1.54, 1.807) is 46.5 Å². The summed E-state index contributed by atoms with van der Waals surface area (Å²) in [5.74, 6) is 0.214. The van der Waals surface area contributed by atoms with Gasteiger partial charge in [0.1, 0.15) is 5.82 Å². The number of nitrogens with zero attached hydrogens (tertiary/aromatic N) is 3. The number of benzene rings is 1. The number of primary amides is 1. The molecular formula is C20H19N5O2. The van der Waals surface area contributed by atoms with E-state index < -0.39 is 5.91 Å². The average Bonchev–Trinajstić information content (AvgIpc) is 2.69. The van der Waals surface area contributed by atoms with E-state index in [1.165, 1.54) is 0 Å². The molecule has 136 valence electrons. The topological polar surface area (TPSA) is 91.6 Å². The molecule has 27 heavy (non-hydrogen) atoms. The lowest BCUT2D eigenvalue weighted by molar-refractivity contribution is 0.1000. The third-order valence-electron chi connectivity index (χ3n) is 4.54. The van der Waals surface area contributed by atoms with Gasteiger partial charge in [0.25, 0.3) is 0 Å². The maximum atomic E-state index is 13.3. The second-order valence-electron chi connectivity index (χ2n) is 6.41. The summed E-state index contributed by atoms with van der Waals surface area (Å²) in [7, 11) is 0. The first kappa shape index (κ1) is 16.8. The SMILES string of the molecule is NC(=O)c1cccc(N2C(=O)N(Cc3cccnc3)CC3=C2NCC=C3)c1. The van der Waals surface area contributed by atoms with Crippen LogP contribution in [0.5, 0.6) is 0 Å². The number of hydrogen-bond donors (Lipinski definition) is 2. The van der Waals surface area contributed by atoms with Crippen LogP contribution in [0.2, 0.25) is 0 Å². The van der Waals surface area contributed by atoms with E-state index in [2.05, 4.69) is 10.3 Å². The van der Waals surface area contributed by atoms with Crippen LogP contribution in [0, 0.1) is 0 Å². The fourth-order valence-corrected chi connectivity index (χ4v) is 3.28. The highest BCUT2D eigenvalue weighted by Gasteiger charge is 2.33. The first-order valence-electron chi connectivity index (χ1n) is 8.65. The molecule has 7 heteroatoms. The van der Waals surface area contributed by atoms with Gasteiger partial charge in [-0.2, -0.15) is 0 Å². The number of anilines is 1. The molecule has 3 amide bonds. The highest BCUT2D eigenvalue weighted by atomic mass is 16.2. The Hall–Kier alpha value is -3.61. The van der Waals surface area contributed by atoms with Gasteiger partial charge in [-0.1, -0.05) is 24.3 Å². The highest BCUT2D eigenvalue weighted by molar-refractivity contribution is 5.99. The van der Waals surface area contributed by atoms with Gasteiger partial charge >= 0.3 is 6.03 Å². The van der Waals surface area contributed by atoms with Gasteiger partial charge in [-0.15, -0.1) is 0 Å². The van der Waals surface area contributed by atoms with Crippen molar-refractivity contribution in [3.63, 3.8) is 0 Å². The third-order valence-corrected chi connectivity index (χ3v) is 4.54. The molecule has 4 rings (SSSR count). The number of urea groups is 1. The van der Waals surface area contributed by atoms with Crippen LogP contribution in [0.25, 0.3) is 0 Å². The number of dihydropyridines is 1. The third kappa shape index (κ3) is 3.27. The summed E-state index contributed by atoms with van der Waals surface area (Å²) in [4.78, 5) is 32.3. The summed E-state index contributed by atoms with van der Waals surface area (Å²) in [5.41, 5.74) is 8.33. The van der Waals surface area contributed by atoms with Crippen LogP contribution >= 0.6 is 0 Å². The number of amides is 3. The van der Waals surface area contributed by atoms with Gasteiger partial charge in [0.2, 0.25) is 5.91 Å². The average molecular weight is 361 g/mol. The van der Waals surface area contributed by atoms with Crippen LogP contribution in [-0.4, -0.2) is 34.9 Å². The lowest BCUT2D eigenvalue weighted by Crippen LogP contribution is -2.51. The number of aromatic nitrogens is 1. The highest BCUT2D eigenvalue weighted by Crippen LogP contribution is 2.29. The standard InChI is InChI=1S/C20H19N5O2/c21-18(26)15-5-1-7-17(10-15)25-19-16(6-3-9-23-19)13-24(20(25)27)12-14-4-2-8-22-11-14/h1-8,10-11,23H,9,12-13H2,(H2,21,26). The predicted molar refractivity (Wildman–Crippen MR) is 102 cm³/mol. The molecule has 1 aromatic heterocycles. The molecule has 3 heterocycles. The molecule has 3 N–H and O–H groups in total. The van der Waals surface area contributed by atoms with Crippen LogP contribution < -0.4 is 16.0 Å². The number of pyridine rings is 1. The Morgan fingerprint density at radius 1 is 1.26 bits per heavy atom. The quantitative estimate of drug-likeness (QED) is 0.871. The first-order valence-corrected chi connectivity index (χ1v) is 8.65. The van der Waals surface area contributed by atoms with E-state index in [1.807, 2.05) is 24.3 Å². The van der Waals surface area contributed by atoms with E-state index in [4.69, 9.17) is 5.73 Å². The fraction of sp³-hybridized carbons (Fsp3) is 0.150. The van der Waals surface area contributed by atoms with Gasteiger partial charge in [0.05, 0.1) is 12.2 Å². The normalized spacial score (nSPS) is 16.2. The molecular weight excluding hydrogens is 342 g/mol. The Balaban J connectivity index is 1.73. The molecule has 2 aliphatic heterocycles. The molecule has 0 radical (unpaired) electrons. The zero-order valence-electron chi connectivity index (χ0n) is 14.6. The lowest BCUT2D eigenvalue weighted by atomic mass is 10.1. The van der Waals surface area contributed by atoms with E-state index in [0.717, 1.165) is 17.0 Å². The Labute approximate surface area is 156 Å². The zero-order chi connectivity index (χ0) is 18.8. The van der Waals surface area contributed by atoms with Crippen molar-refractivity contribution in [2.45, 2.75) is 6.54 Å². The van der Waals surface area contributed by atoms with Crippen molar-refractivity contribution in [1.29, 1.82) is 0 Å². The van der Waals surface area contributed by atoms with Crippen molar-refractivity contribution in [3.05, 3.63) is 83.5 Å². The minimum absolute atomic E-state index is 0.165. The Morgan fingerprint density at radius 3 is 2.93 bits per heavy atom. The van der Waals surface area contributed by atoms with Crippen LogP contribution in [0.15, 0.2) is 72.3 Å². The number of carbonyl (C=O) groups is 2. The fourth-order valence-electron chi connectivity index (χ4n) is 3.28. The summed E-state index contributed by atoms with van der Waals surface area (Å²) in [6.07, 6.45) is 7.51. The van der Waals surface area contributed by atoms with Gasteiger partial charge < -0.3 is 16.0 Å². The molecule has 0 bridgehead atoms. The zero-order valence-corrected chi connectivity index (χ0v) is 14.6. The van der Waals surface area contributed by atoms with Crippen molar-refractivity contribution in [1.82, 2.24) is 15.2 Å². The molecule has 1 aromatic carbocycles. The maximum Gasteiger partial charge on any atom is 0.330 e. The maximum absolute atomic E-state index is 13.3. The van der Waals surface area contributed by atoms with Gasteiger partial charge in [-0.3, -0.25) is 9.78 Å². The Bertz CT molecular complexity index is 952. The first-order chi connectivity index (χ1) is 13.1. The summed E-state index contributed by atoms with van der Waals surface area (Å²) in [6.45, 7) is 1.59. The van der Waals surface area contributed by atoms with Crippen LogP contribution in [-0.2, 0) is 6.54 Å². The number of nitrogens with one attached hydrogen (secondary N) is 1. The van der Waals surface area contributed by atoms with E-state index in [9.17, 15) is 9.59 Å². The minimum Gasteiger partial charge on any atom is -0.367 e. The molecule has 0 saturated heterocycles. The van der Waals surface area contributed by atoms with Gasteiger partial charge in [-0.25, -0.2) is 9.69 Å². The molecule has 0 unspecified atom stereocenters. The number of nitrogens with two attached hydrogens (primary N) is 1. The molecule has 0 atom stereocenters. The number of carbonyl (C=O) groups excluding carboxylic acids is 2. The molecule has 0 saturated carbocycles. The van der Waals surface area contributed by atoms with E-state index in [0.29, 0.717) is 30.9 Å². The van der Waals surface area contributed by atoms with Crippen molar-refractivity contribution < 1.29 is 9.59 Å². The van der Waals surface area contributed by atoms with Crippen LogP contribution in [0.3, 0.4) is 0 Å². The lowest BCUT2D eigenvalue weighted by Gasteiger charge is -2.39. The Kier molecular flexibility index (Phi) is 4.33. The minimum atomic E-state index is -0.528. The van der Waals surface area contributed by atoms with E-state index in [-0.39, 0.29) is 6.03 Å². The molecule has 2 aromatic rings. The summed E-state index contributed by atoms with van der Waals surface area (Å²) < 4.78 is 0. The Morgan fingerprint density at radius 2 is 2.15 bits per heavy atom. The molecule has 0 fully saturated rings. The molecule has 7 nitrogen and oxygen atoms in total. The second kappa shape index (κ2) is 6.95. The summed E-state index contributed by atoms with van der Waals surface area (Å²) in [5, 5.41) is 3.28. The van der Waals surface area contributed by atoms with Crippen molar-refractivity contribution in [3.8, 4) is 0 Å². The second-order valence-corrected chi connectivity index (χ2v) is 6.41. The van der Waals surface area contributed by atoms with Crippen LogP contribution in [0.1, 0.15) is 15.9 Å². The van der Waals surface area contributed by atoms with Gasteiger partial charge in [0, 0.05) is 36.6 Å². The van der Waals surface area contributed by atoms with Gasteiger partial charge in [0.15, 0.2) is 0 Å².